The molecule has 1 unspecified atom stereocenters. The number of ether oxygens (including phenoxy) is 1. The van der Waals surface area contributed by atoms with Gasteiger partial charge in [-0.15, -0.1) is 0 Å². The normalized spacial score (nSPS) is 13.5. The van der Waals surface area contributed by atoms with Gasteiger partial charge in [0.1, 0.15) is 5.75 Å². The molecule has 2 N–H and O–H groups in total. The second-order valence-electron chi connectivity index (χ2n) is 5.85. The first-order chi connectivity index (χ1) is 11.2. The molecule has 0 fully saturated rings. The SMILES string of the molecule is CCC(O)(CCNCCc1ccccc1)c1cccc(OC)c1. The lowest BCUT2D eigenvalue weighted by Crippen LogP contribution is -2.31. The molecule has 124 valence electrons. The van der Waals surface area contributed by atoms with Gasteiger partial charge in [-0.25, -0.2) is 0 Å². The van der Waals surface area contributed by atoms with Crippen LogP contribution in [0.4, 0.5) is 0 Å². The van der Waals surface area contributed by atoms with Gasteiger partial charge in [-0.1, -0.05) is 49.4 Å². The largest absolute Gasteiger partial charge is 0.497 e. The molecule has 2 aromatic rings. The third-order valence-electron chi connectivity index (χ3n) is 4.34. The molecule has 0 aliphatic rings. The molecule has 0 saturated carbocycles. The van der Waals surface area contributed by atoms with Gasteiger partial charge in [0, 0.05) is 0 Å². The highest BCUT2D eigenvalue weighted by molar-refractivity contribution is 5.32. The summed E-state index contributed by atoms with van der Waals surface area (Å²) in [6, 6.07) is 18.2. The highest BCUT2D eigenvalue weighted by atomic mass is 16.5. The van der Waals surface area contributed by atoms with E-state index in [2.05, 4.69) is 29.6 Å². The minimum absolute atomic E-state index is 0.681. The molecule has 0 amide bonds. The molecule has 1 atom stereocenters. The van der Waals surface area contributed by atoms with Gasteiger partial charge in [0.15, 0.2) is 0 Å². The van der Waals surface area contributed by atoms with Gasteiger partial charge >= 0.3 is 0 Å². The molecule has 0 aliphatic heterocycles. The lowest BCUT2D eigenvalue weighted by Gasteiger charge is -2.28. The highest BCUT2D eigenvalue weighted by Crippen LogP contribution is 2.30. The van der Waals surface area contributed by atoms with Crippen molar-refractivity contribution in [3.05, 3.63) is 65.7 Å². The molecule has 3 heteroatoms. The quantitative estimate of drug-likeness (QED) is 0.696. The van der Waals surface area contributed by atoms with E-state index < -0.39 is 5.60 Å². The Balaban J connectivity index is 1.83. The number of benzene rings is 2. The van der Waals surface area contributed by atoms with Crippen LogP contribution in [0.3, 0.4) is 0 Å². The fourth-order valence-electron chi connectivity index (χ4n) is 2.74. The molecule has 2 rings (SSSR count). The Labute approximate surface area is 139 Å². The first-order valence-electron chi connectivity index (χ1n) is 8.29. The molecule has 0 spiro atoms. The fraction of sp³-hybridized carbons (Fsp3) is 0.400. The van der Waals surface area contributed by atoms with Gasteiger partial charge in [0.05, 0.1) is 12.7 Å². The molecule has 0 saturated heterocycles. The number of nitrogens with one attached hydrogen (secondary N) is 1. The first kappa shape index (κ1) is 17.5. The van der Waals surface area contributed by atoms with E-state index in [9.17, 15) is 5.11 Å². The summed E-state index contributed by atoms with van der Waals surface area (Å²) in [5.74, 6) is 0.784. The van der Waals surface area contributed by atoms with Crippen molar-refractivity contribution in [3.63, 3.8) is 0 Å². The van der Waals surface area contributed by atoms with Crippen LogP contribution in [0.15, 0.2) is 54.6 Å². The summed E-state index contributed by atoms with van der Waals surface area (Å²) in [5.41, 5.74) is 1.44. The van der Waals surface area contributed by atoms with E-state index in [1.807, 2.05) is 37.3 Å². The van der Waals surface area contributed by atoms with Crippen LogP contribution in [0.2, 0.25) is 0 Å². The third-order valence-corrected chi connectivity index (χ3v) is 4.34. The van der Waals surface area contributed by atoms with Crippen LogP contribution in [-0.4, -0.2) is 25.3 Å². The predicted molar refractivity (Wildman–Crippen MR) is 94.8 cm³/mol. The van der Waals surface area contributed by atoms with Gasteiger partial charge in [-0.2, -0.15) is 0 Å². The third kappa shape index (κ3) is 5.08. The van der Waals surface area contributed by atoms with Crippen LogP contribution in [0.25, 0.3) is 0 Å². The van der Waals surface area contributed by atoms with Crippen molar-refractivity contribution in [2.75, 3.05) is 20.2 Å². The van der Waals surface area contributed by atoms with E-state index in [0.717, 1.165) is 30.8 Å². The standard InChI is InChI=1S/C20H27NO2/c1-3-20(22,18-10-7-11-19(16-18)23-2)13-15-21-14-12-17-8-5-4-6-9-17/h4-11,16,21-22H,3,12-15H2,1-2H3. The monoisotopic (exact) mass is 313 g/mol. The lowest BCUT2D eigenvalue weighted by molar-refractivity contribution is 0.0236. The Bertz CT molecular complexity index is 585. The molecule has 2 aromatic carbocycles. The van der Waals surface area contributed by atoms with Crippen molar-refractivity contribution in [3.8, 4) is 5.75 Å². The second kappa shape index (κ2) is 8.70. The van der Waals surface area contributed by atoms with Gasteiger partial charge in [-0.3, -0.25) is 0 Å². The van der Waals surface area contributed by atoms with Crippen molar-refractivity contribution in [1.29, 1.82) is 0 Å². The average Bonchev–Trinajstić information content (AvgIpc) is 2.62. The zero-order chi connectivity index (χ0) is 16.5. The fourth-order valence-corrected chi connectivity index (χ4v) is 2.74. The van der Waals surface area contributed by atoms with Gasteiger partial charge < -0.3 is 15.2 Å². The highest BCUT2D eigenvalue weighted by Gasteiger charge is 2.26. The molecule has 0 aliphatic carbocycles. The number of hydrogen-bond acceptors (Lipinski definition) is 3. The van der Waals surface area contributed by atoms with Crippen molar-refractivity contribution < 1.29 is 9.84 Å². The van der Waals surface area contributed by atoms with Gasteiger partial charge in [0.2, 0.25) is 0 Å². The van der Waals surface area contributed by atoms with Crippen molar-refractivity contribution in [2.45, 2.75) is 31.8 Å². The zero-order valence-corrected chi connectivity index (χ0v) is 14.1. The number of aliphatic hydroxyl groups is 1. The van der Waals surface area contributed by atoms with Gasteiger partial charge in [0.25, 0.3) is 0 Å². The summed E-state index contributed by atoms with van der Waals surface area (Å²) in [6.07, 6.45) is 2.37. The summed E-state index contributed by atoms with van der Waals surface area (Å²) in [7, 11) is 1.65. The average molecular weight is 313 g/mol. The van der Waals surface area contributed by atoms with Crippen LogP contribution in [0.1, 0.15) is 30.9 Å². The maximum atomic E-state index is 10.9. The van der Waals surface area contributed by atoms with Crippen molar-refractivity contribution in [2.24, 2.45) is 0 Å². The van der Waals surface area contributed by atoms with Crippen LogP contribution in [-0.2, 0) is 12.0 Å². The van der Waals surface area contributed by atoms with Crippen LogP contribution < -0.4 is 10.1 Å². The summed E-state index contributed by atoms with van der Waals surface area (Å²) in [6.45, 7) is 3.72. The topological polar surface area (TPSA) is 41.5 Å². The Morgan fingerprint density at radius 3 is 2.52 bits per heavy atom. The summed E-state index contributed by atoms with van der Waals surface area (Å²) in [4.78, 5) is 0. The van der Waals surface area contributed by atoms with E-state index in [0.29, 0.717) is 12.8 Å². The molecular formula is C20H27NO2. The van der Waals surface area contributed by atoms with Crippen LogP contribution >= 0.6 is 0 Å². The molecule has 0 aromatic heterocycles. The second-order valence-corrected chi connectivity index (χ2v) is 5.85. The lowest BCUT2D eigenvalue weighted by atomic mass is 9.88. The van der Waals surface area contributed by atoms with E-state index in [4.69, 9.17) is 4.74 Å². The summed E-state index contributed by atoms with van der Waals surface area (Å²) in [5, 5.41) is 14.4. The maximum absolute atomic E-state index is 10.9. The maximum Gasteiger partial charge on any atom is 0.119 e. The minimum Gasteiger partial charge on any atom is -0.497 e. The van der Waals surface area contributed by atoms with Crippen LogP contribution in [0.5, 0.6) is 5.75 Å². The minimum atomic E-state index is -0.811. The first-order valence-corrected chi connectivity index (χ1v) is 8.29. The molecule has 0 heterocycles. The number of rotatable bonds is 9. The smallest absolute Gasteiger partial charge is 0.119 e. The van der Waals surface area contributed by atoms with Crippen LogP contribution in [0, 0.1) is 0 Å². The number of methoxy groups -OCH3 is 1. The Morgan fingerprint density at radius 1 is 1.04 bits per heavy atom. The Morgan fingerprint density at radius 2 is 1.83 bits per heavy atom. The summed E-state index contributed by atoms with van der Waals surface area (Å²) >= 11 is 0. The Hall–Kier alpha value is -1.84. The summed E-state index contributed by atoms with van der Waals surface area (Å²) < 4.78 is 5.26. The van der Waals surface area contributed by atoms with Gasteiger partial charge in [-0.05, 0) is 55.6 Å². The number of hydrogen-bond donors (Lipinski definition) is 2. The molecule has 0 bridgehead atoms. The predicted octanol–water partition coefficient (Wildman–Crippen LogP) is 3.52. The van der Waals surface area contributed by atoms with E-state index in [1.165, 1.54) is 5.56 Å². The van der Waals surface area contributed by atoms with E-state index in [-0.39, 0.29) is 0 Å². The molecular weight excluding hydrogens is 286 g/mol. The molecule has 23 heavy (non-hydrogen) atoms. The van der Waals surface area contributed by atoms with E-state index in [1.54, 1.807) is 7.11 Å². The Kier molecular flexibility index (Phi) is 6.63. The molecule has 0 radical (unpaired) electrons. The zero-order valence-electron chi connectivity index (χ0n) is 14.1. The van der Waals surface area contributed by atoms with Crippen molar-refractivity contribution in [1.82, 2.24) is 5.32 Å². The van der Waals surface area contributed by atoms with E-state index >= 15 is 0 Å². The van der Waals surface area contributed by atoms with Crippen molar-refractivity contribution >= 4 is 0 Å². The molecule has 3 nitrogen and oxygen atoms in total.